The normalized spacial score (nSPS) is 12.2. The third-order valence-electron chi connectivity index (χ3n) is 5.90. The van der Waals surface area contributed by atoms with Crippen molar-refractivity contribution in [2.45, 2.75) is 25.0 Å². The molecule has 0 fully saturated rings. The molecule has 1 unspecified atom stereocenters. The first-order valence-electron chi connectivity index (χ1n) is 11.5. The van der Waals surface area contributed by atoms with Crippen LogP contribution in [0.15, 0.2) is 114 Å². The standard InChI is InChI=1S/C30H27BrO4/c1-2-27(35-28-19-22(29(32)33)18-26(31)20-28)21-34-30(23-12-6-3-7-13-23,24-14-8-4-9-15-24)25-16-10-5-11-17-25/h3-20,27H,2,21H2,1H3,(H,32,33). The quantitative estimate of drug-likeness (QED) is 0.218. The monoisotopic (exact) mass is 530 g/mol. The lowest BCUT2D eigenvalue weighted by molar-refractivity contribution is -0.0312. The summed E-state index contributed by atoms with van der Waals surface area (Å²) in [6.45, 7) is 2.32. The number of carboxylic acid groups (broad SMARTS) is 1. The van der Waals surface area contributed by atoms with Crippen LogP contribution >= 0.6 is 15.9 Å². The lowest BCUT2D eigenvalue weighted by Crippen LogP contribution is -2.37. The van der Waals surface area contributed by atoms with Gasteiger partial charge in [-0.05, 0) is 41.3 Å². The number of hydrogen-bond acceptors (Lipinski definition) is 3. The highest BCUT2D eigenvalue weighted by molar-refractivity contribution is 9.10. The van der Waals surface area contributed by atoms with Gasteiger partial charge in [0.1, 0.15) is 17.5 Å². The zero-order chi connectivity index (χ0) is 24.7. The Labute approximate surface area is 214 Å². The summed E-state index contributed by atoms with van der Waals surface area (Å²) in [6.07, 6.45) is 0.394. The Hall–Kier alpha value is -3.41. The highest BCUT2D eigenvalue weighted by Gasteiger charge is 2.38. The van der Waals surface area contributed by atoms with Gasteiger partial charge in [0.25, 0.3) is 0 Å². The maximum Gasteiger partial charge on any atom is 0.335 e. The van der Waals surface area contributed by atoms with E-state index in [1.807, 2.05) is 61.5 Å². The van der Waals surface area contributed by atoms with Crippen molar-refractivity contribution in [2.75, 3.05) is 6.61 Å². The Morgan fingerprint density at radius 3 is 1.74 bits per heavy atom. The second kappa shape index (κ2) is 11.3. The molecule has 4 nitrogen and oxygen atoms in total. The van der Waals surface area contributed by atoms with Crippen LogP contribution in [0.2, 0.25) is 0 Å². The predicted octanol–water partition coefficient (Wildman–Crippen LogP) is 7.31. The maximum absolute atomic E-state index is 11.5. The predicted molar refractivity (Wildman–Crippen MR) is 141 cm³/mol. The summed E-state index contributed by atoms with van der Waals surface area (Å²) in [6, 6.07) is 35.4. The average Bonchev–Trinajstić information content (AvgIpc) is 2.90. The molecule has 0 spiro atoms. The lowest BCUT2D eigenvalue weighted by Gasteiger charge is -2.37. The van der Waals surface area contributed by atoms with Crippen LogP contribution in [0, 0.1) is 0 Å². The van der Waals surface area contributed by atoms with Crippen LogP contribution in [-0.4, -0.2) is 23.8 Å². The van der Waals surface area contributed by atoms with Crippen LogP contribution in [0.1, 0.15) is 40.4 Å². The van der Waals surface area contributed by atoms with Gasteiger partial charge < -0.3 is 14.6 Å². The SMILES string of the molecule is CCC(COC(c1ccccc1)(c1ccccc1)c1ccccc1)Oc1cc(Br)cc(C(=O)O)c1. The molecule has 35 heavy (non-hydrogen) atoms. The van der Waals surface area contributed by atoms with E-state index >= 15 is 0 Å². The molecule has 0 amide bonds. The van der Waals surface area contributed by atoms with Crippen molar-refractivity contribution in [1.82, 2.24) is 0 Å². The summed E-state index contributed by atoms with van der Waals surface area (Å²) in [4.78, 5) is 11.5. The fourth-order valence-electron chi connectivity index (χ4n) is 4.17. The lowest BCUT2D eigenvalue weighted by atomic mass is 9.80. The number of halogens is 1. The average molecular weight is 531 g/mol. The molecule has 0 bridgehead atoms. The van der Waals surface area contributed by atoms with Crippen LogP contribution in [0.5, 0.6) is 5.75 Å². The number of carboxylic acids is 1. The van der Waals surface area contributed by atoms with Gasteiger partial charge in [-0.1, -0.05) is 114 Å². The molecule has 0 radical (unpaired) electrons. The smallest absolute Gasteiger partial charge is 0.335 e. The maximum atomic E-state index is 11.5. The zero-order valence-corrected chi connectivity index (χ0v) is 21.0. The first-order valence-corrected chi connectivity index (χ1v) is 12.3. The summed E-state index contributed by atoms with van der Waals surface area (Å²) in [5, 5.41) is 9.41. The van der Waals surface area contributed by atoms with E-state index in [1.54, 1.807) is 12.1 Å². The van der Waals surface area contributed by atoms with Gasteiger partial charge in [0.05, 0.1) is 12.2 Å². The fraction of sp³-hybridized carbons (Fsp3) is 0.167. The molecule has 0 aliphatic heterocycles. The van der Waals surface area contributed by atoms with Gasteiger partial charge in [0.2, 0.25) is 0 Å². The highest BCUT2D eigenvalue weighted by atomic mass is 79.9. The van der Waals surface area contributed by atoms with Crippen molar-refractivity contribution in [2.24, 2.45) is 0 Å². The summed E-state index contributed by atoms with van der Waals surface area (Å²) >= 11 is 3.38. The third kappa shape index (κ3) is 5.64. The summed E-state index contributed by atoms with van der Waals surface area (Å²) < 4.78 is 13.7. The largest absolute Gasteiger partial charge is 0.488 e. The van der Waals surface area contributed by atoms with Gasteiger partial charge in [0, 0.05) is 4.47 Å². The minimum atomic E-state index is -1.00. The molecule has 1 N–H and O–H groups in total. The van der Waals surface area contributed by atoms with E-state index in [2.05, 4.69) is 52.3 Å². The van der Waals surface area contributed by atoms with E-state index in [9.17, 15) is 9.90 Å². The van der Waals surface area contributed by atoms with Gasteiger partial charge >= 0.3 is 5.97 Å². The van der Waals surface area contributed by atoms with Crippen molar-refractivity contribution in [1.29, 1.82) is 0 Å². The van der Waals surface area contributed by atoms with Crippen molar-refractivity contribution in [3.63, 3.8) is 0 Å². The molecule has 5 heteroatoms. The van der Waals surface area contributed by atoms with E-state index < -0.39 is 11.6 Å². The molecule has 4 aromatic carbocycles. The Morgan fingerprint density at radius 1 is 0.829 bits per heavy atom. The van der Waals surface area contributed by atoms with Crippen LogP contribution in [0.25, 0.3) is 0 Å². The van der Waals surface area contributed by atoms with Gasteiger partial charge in [-0.2, -0.15) is 0 Å². The van der Waals surface area contributed by atoms with Crippen molar-refractivity contribution in [3.05, 3.63) is 136 Å². The van der Waals surface area contributed by atoms with E-state index in [4.69, 9.17) is 9.47 Å². The molecular weight excluding hydrogens is 504 g/mol. The van der Waals surface area contributed by atoms with Crippen molar-refractivity contribution >= 4 is 21.9 Å². The Balaban J connectivity index is 1.72. The Morgan fingerprint density at radius 2 is 1.31 bits per heavy atom. The third-order valence-corrected chi connectivity index (χ3v) is 6.36. The molecule has 0 heterocycles. The molecule has 4 aromatic rings. The minimum Gasteiger partial charge on any atom is -0.488 e. The number of hydrogen-bond donors (Lipinski definition) is 1. The van der Waals surface area contributed by atoms with Crippen LogP contribution in [0.4, 0.5) is 0 Å². The Bertz CT molecular complexity index is 1150. The Kier molecular flexibility index (Phi) is 8.01. The van der Waals surface area contributed by atoms with E-state index in [1.165, 1.54) is 6.07 Å². The first kappa shape index (κ1) is 24.7. The number of ether oxygens (including phenoxy) is 2. The molecule has 0 saturated heterocycles. The molecule has 0 aliphatic rings. The molecule has 0 aromatic heterocycles. The van der Waals surface area contributed by atoms with Gasteiger partial charge in [-0.25, -0.2) is 4.79 Å². The van der Waals surface area contributed by atoms with Crippen LogP contribution in [-0.2, 0) is 10.3 Å². The second-order valence-corrected chi connectivity index (χ2v) is 9.13. The number of carbonyl (C=O) groups is 1. The van der Waals surface area contributed by atoms with Gasteiger partial charge in [-0.15, -0.1) is 0 Å². The fourth-order valence-corrected chi connectivity index (χ4v) is 4.64. The second-order valence-electron chi connectivity index (χ2n) is 8.22. The molecule has 1 atom stereocenters. The van der Waals surface area contributed by atoms with Crippen molar-refractivity contribution < 1.29 is 19.4 Å². The number of aromatic carboxylic acids is 1. The van der Waals surface area contributed by atoms with E-state index in [-0.39, 0.29) is 11.7 Å². The molecule has 178 valence electrons. The van der Waals surface area contributed by atoms with Crippen LogP contribution < -0.4 is 4.74 Å². The minimum absolute atomic E-state index is 0.164. The molecule has 0 saturated carbocycles. The van der Waals surface area contributed by atoms with Gasteiger partial charge in [-0.3, -0.25) is 0 Å². The highest BCUT2D eigenvalue weighted by Crippen LogP contribution is 2.40. The topological polar surface area (TPSA) is 55.8 Å². The van der Waals surface area contributed by atoms with E-state index in [0.29, 0.717) is 23.2 Å². The molecule has 4 rings (SSSR count). The van der Waals surface area contributed by atoms with Gasteiger partial charge in [0.15, 0.2) is 0 Å². The van der Waals surface area contributed by atoms with E-state index in [0.717, 1.165) is 16.7 Å². The summed E-state index contributed by atoms with van der Waals surface area (Å²) in [7, 11) is 0. The van der Waals surface area contributed by atoms with Crippen molar-refractivity contribution in [3.8, 4) is 5.75 Å². The number of rotatable bonds is 10. The zero-order valence-electron chi connectivity index (χ0n) is 19.4. The van der Waals surface area contributed by atoms with Crippen LogP contribution in [0.3, 0.4) is 0 Å². The first-order chi connectivity index (χ1) is 17.0. The molecular formula is C30H27BrO4. The molecule has 0 aliphatic carbocycles. The number of benzene rings is 4. The summed E-state index contributed by atoms with van der Waals surface area (Å²) in [5.41, 5.74) is 2.37. The summed E-state index contributed by atoms with van der Waals surface area (Å²) in [5.74, 6) is -0.520.